The molecule has 0 N–H and O–H groups in total. The van der Waals surface area contributed by atoms with Crippen LogP contribution in [0.1, 0.15) is 22.3 Å². The lowest BCUT2D eigenvalue weighted by Crippen LogP contribution is -2.33. The topological polar surface area (TPSA) is 109 Å². The van der Waals surface area contributed by atoms with E-state index in [0.29, 0.717) is 23.0 Å². The number of ether oxygens (including phenoxy) is 6. The van der Waals surface area contributed by atoms with Crippen LogP contribution < -0.4 is 28.4 Å². The molecule has 0 bridgehead atoms. The number of carbonyl (C=O) groups excluding carboxylic acids is 2. The second kappa shape index (κ2) is 17.3. The standard InChI is InChI=1S/C39H39N3O8/c1-45-32-13-5-28(6-14-32)24-41(25-29-7-15-33(46-2)16-8-29)38(43)49-36-21-37(23-40-22-36)50-39(44)42(26-30-9-17-34(47-3)18-10-30)27-31-11-19-35(48-4)20-12-31/h5-23H,24-27H2,1-4H3. The Morgan fingerprint density at radius 3 is 0.940 bits per heavy atom. The van der Waals surface area contributed by atoms with E-state index in [1.807, 2.05) is 97.1 Å². The zero-order chi connectivity index (χ0) is 35.3. The van der Waals surface area contributed by atoms with E-state index in [0.717, 1.165) is 22.3 Å². The first-order chi connectivity index (χ1) is 24.3. The molecule has 0 spiro atoms. The Morgan fingerprint density at radius 1 is 0.440 bits per heavy atom. The van der Waals surface area contributed by atoms with Crippen LogP contribution in [0, 0.1) is 0 Å². The highest BCUT2D eigenvalue weighted by atomic mass is 16.6. The third-order valence-corrected chi connectivity index (χ3v) is 7.74. The molecule has 0 radical (unpaired) electrons. The van der Waals surface area contributed by atoms with E-state index in [9.17, 15) is 9.59 Å². The van der Waals surface area contributed by atoms with Gasteiger partial charge in [-0.05, 0) is 70.8 Å². The number of amides is 2. The minimum atomic E-state index is -0.609. The quantitative estimate of drug-likeness (QED) is 0.118. The summed E-state index contributed by atoms with van der Waals surface area (Å²) < 4.78 is 32.7. The molecular weight excluding hydrogens is 638 g/mol. The van der Waals surface area contributed by atoms with Gasteiger partial charge >= 0.3 is 12.2 Å². The van der Waals surface area contributed by atoms with Crippen LogP contribution in [0.25, 0.3) is 0 Å². The normalized spacial score (nSPS) is 10.5. The van der Waals surface area contributed by atoms with Crippen LogP contribution >= 0.6 is 0 Å². The molecule has 0 fully saturated rings. The fourth-order valence-electron chi connectivity index (χ4n) is 5.02. The third-order valence-electron chi connectivity index (χ3n) is 7.74. The summed E-state index contributed by atoms with van der Waals surface area (Å²) in [5.41, 5.74) is 3.52. The maximum atomic E-state index is 13.6. The Balaban J connectivity index is 1.31. The van der Waals surface area contributed by atoms with E-state index in [1.165, 1.54) is 18.5 Å². The molecule has 4 aromatic carbocycles. The Hall–Kier alpha value is -6.23. The van der Waals surface area contributed by atoms with Crippen molar-refractivity contribution >= 4 is 12.2 Å². The largest absolute Gasteiger partial charge is 0.497 e. The van der Waals surface area contributed by atoms with Crippen LogP contribution in [0.5, 0.6) is 34.5 Å². The van der Waals surface area contributed by atoms with Crippen LogP contribution in [0.15, 0.2) is 116 Å². The van der Waals surface area contributed by atoms with Crippen LogP contribution in [0.4, 0.5) is 9.59 Å². The lowest BCUT2D eigenvalue weighted by atomic mass is 10.1. The molecule has 5 rings (SSSR count). The van der Waals surface area contributed by atoms with Crippen LogP contribution in [0.3, 0.4) is 0 Å². The summed E-state index contributed by atoms with van der Waals surface area (Å²) in [6.45, 7) is 1.07. The predicted molar refractivity (Wildman–Crippen MR) is 187 cm³/mol. The van der Waals surface area contributed by atoms with E-state index in [4.69, 9.17) is 28.4 Å². The van der Waals surface area contributed by atoms with Crippen molar-refractivity contribution in [2.75, 3.05) is 28.4 Å². The maximum absolute atomic E-state index is 13.6. The van der Waals surface area contributed by atoms with Crippen molar-refractivity contribution < 1.29 is 38.0 Å². The molecule has 0 atom stereocenters. The van der Waals surface area contributed by atoms with Gasteiger partial charge in [-0.3, -0.25) is 14.8 Å². The number of carbonyl (C=O) groups is 2. The number of hydrogen-bond donors (Lipinski definition) is 0. The summed E-state index contributed by atoms with van der Waals surface area (Å²) in [4.78, 5) is 34.5. The van der Waals surface area contributed by atoms with Crippen molar-refractivity contribution in [1.82, 2.24) is 14.8 Å². The second-order valence-electron chi connectivity index (χ2n) is 11.2. The third kappa shape index (κ3) is 9.89. The Labute approximate surface area is 291 Å². The van der Waals surface area contributed by atoms with Gasteiger partial charge in [-0.2, -0.15) is 0 Å². The van der Waals surface area contributed by atoms with Gasteiger partial charge in [-0.25, -0.2) is 9.59 Å². The number of methoxy groups -OCH3 is 4. The molecule has 2 amide bonds. The monoisotopic (exact) mass is 677 g/mol. The van der Waals surface area contributed by atoms with Crippen molar-refractivity contribution in [2.24, 2.45) is 0 Å². The first-order valence-corrected chi connectivity index (χ1v) is 15.8. The van der Waals surface area contributed by atoms with Gasteiger partial charge in [0.25, 0.3) is 0 Å². The average Bonchev–Trinajstić information content (AvgIpc) is 3.15. The average molecular weight is 678 g/mol. The molecule has 0 aliphatic rings. The van der Waals surface area contributed by atoms with E-state index in [-0.39, 0.29) is 37.7 Å². The first-order valence-electron chi connectivity index (χ1n) is 15.8. The zero-order valence-corrected chi connectivity index (χ0v) is 28.4. The molecule has 50 heavy (non-hydrogen) atoms. The number of hydrogen-bond acceptors (Lipinski definition) is 9. The van der Waals surface area contributed by atoms with E-state index in [2.05, 4.69) is 4.98 Å². The smallest absolute Gasteiger partial charge is 0.415 e. The van der Waals surface area contributed by atoms with Gasteiger partial charge < -0.3 is 28.4 Å². The summed E-state index contributed by atoms with van der Waals surface area (Å²) in [6.07, 6.45) is 1.56. The summed E-state index contributed by atoms with van der Waals surface area (Å²) in [7, 11) is 6.39. The van der Waals surface area contributed by atoms with Crippen LogP contribution in [-0.2, 0) is 26.2 Å². The summed E-state index contributed by atoms with van der Waals surface area (Å²) in [5, 5.41) is 0. The molecule has 11 heteroatoms. The zero-order valence-electron chi connectivity index (χ0n) is 28.4. The number of aromatic nitrogens is 1. The predicted octanol–water partition coefficient (Wildman–Crippen LogP) is 7.52. The van der Waals surface area contributed by atoms with E-state index < -0.39 is 12.2 Å². The Bertz CT molecular complexity index is 1600. The van der Waals surface area contributed by atoms with E-state index in [1.54, 1.807) is 38.2 Å². The molecule has 1 heterocycles. The highest BCUT2D eigenvalue weighted by Crippen LogP contribution is 2.23. The van der Waals surface area contributed by atoms with Crippen LogP contribution in [-0.4, -0.2) is 55.4 Å². The van der Waals surface area contributed by atoms with Gasteiger partial charge in [0, 0.05) is 32.2 Å². The molecule has 258 valence electrons. The molecule has 0 aliphatic heterocycles. The van der Waals surface area contributed by atoms with Gasteiger partial charge in [0.05, 0.1) is 40.8 Å². The molecule has 0 saturated carbocycles. The molecule has 5 aromatic rings. The number of nitrogens with zero attached hydrogens (tertiary/aromatic N) is 3. The van der Waals surface area contributed by atoms with Gasteiger partial charge in [0.15, 0.2) is 11.5 Å². The molecule has 0 saturated heterocycles. The number of benzene rings is 4. The highest BCUT2D eigenvalue weighted by Gasteiger charge is 2.21. The summed E-state index contributed by atoms with van der Waals surface area (Å²) >= 11 is 0. The van der Waals surface area contributed by atoms with E-state index >= 15 is 0 Å². The van der Waals surface area contributed by atoms with Crippen molar-refractivity contribution in [1.29, 1.82) is 0 Å². The van der Waals surface area contributed by atoms with Crippen molar-refractivity contribution in [3.63, 3.8) is 0 Å². The molecule has 0 aliphatic carbocycles. The van der Waals surface area contributed by atoms with Crippen molar-refractivity contribution in [3.8, 4) is 34.5 Å². The number of rotatable bonds is 14. The summed E-state index contributed by atoms with van der Waals surface area (Å²) in [6, 6.07) is 31.2. The fraction of sp³-hybridized carbons (Fsp3) is 0.205. The first kappa shape index (κ1) is 35.1. The SMILES string of the molecule is COc1ccc(CN(Cc2ccc(OC)cc2)C(=O)Oc2cncc(OC(=O)N(Cc3ccc(OC)cc3)Cc3ccc(OC)cc3)c2)cc1. The Kier molecular flexibility index (Phi) is 12.1. The minimum absolute atomic E-state index is 0.117. The maximum Gasteiger partial charge on any atom is 0.415 e. The highest BCUT2D eigenvalue weighted by molar-refractivity contribution is 5.72. The van der Waals surface area contributed by atoms with Crippen LogP contribution in [0.2, 0.25) is 0 Å². The van der Waals surface area contributed by atoms with Crippen molar-refractivity contribution in [3.05, 3.63) is 138 Å². The minimum Gasteiger partial charge on any atom is -0.497 e. The Morgan fingerprint density at radius 2 is 0.700 bits per heavy atom. The van der Waals surface area contributed by atoms with Gasteiger partial charge in [0.2, 0.25) is 0 Å². The molecule has 11 nitrogen and oxygen atoms in total. The fourth-order valence-corrected chi connectivity index (χ4v) is 5.02. The molecule has 1 aromatic heterocycles. The van der Waals surface area contributed by atoms with Gasteiger partial charge in [-0.1, -0.05) is 48.5 Å². The van der Waals surface area contributed by atoms with Crippen molar-refractivity contribution in [2.45, 2.75) is 26.2 Å². The second-order valence-corrected chi connectivity index (χ2v) is 11.2. The summed E-state index contributed by atoms with van der Waals surface area (Å²) in [5.74, 6) is 3.08. The lowest BCUT2D eigenvalue weighted by Gasteiger charge is -2.23. The van der Waals surface area contributed by atoms with Gasteiger partial charge in [-0.15, -0.1) is 0 Å². The molecule has 0 unspecified atom stereocenters. The lowest BCUT2D eigenvalue weighted by molar-refractivity contribution is 0.144. The number of pyridine rings is 1. The molecular formula is C39H39N3O8. The van der Waals surface area contributed by atoms with Gasteiger partial charge in [0.1, 0.15) is 23.0 Å².